The van der Waals surface area contributed by atoms with Crippen LogP contribution in [-0.2, 0) is 37.8 Å². The molecule has 0 aromatic rings. The highest BCUT2D eigenvalue weighted by Crippen LogP contribution is 2.36. The molecule has 0 aliphatic carbocycles. The number of hydrogen-bond donors (Lipinski definition) is 6. The summed E-state index contributed by atoms with van der Waals surface area (Å²) in [6.07, 6.45) is 2.17. The first-order chi connectivity index (χ1) is 19.3. The SMILES string of the molecule is CC(C)(/N=N/C(C)(C)C(=O)NCCOC(=O)CCCCCP(=O)(O)O)C(=O)NCCOC(=O)CCCCCP(=O)(O)O. The number of unbranched alkanes of at least 4 members (excludes halogenated alkanes) is 4. The molecule has 0 rings (SSSR count). The van der Waals surface area contributed by atoms with Crippen LogP contribution >= 0.6 is 15.2 Å². The molecule has 0 heterocycles. The normalized spacial score (nSPS) is 12.7. The Labute approximate surface area is 246 Å². The predicted molar refractivity (Wildman–Crippen MR) is 152 cm³/mol. The molecule has 0 aliphatic rings. The summed E-state index contributed by atoms with van der Waals surface area (Å²) in [5.74, 6) is -2.00. The number of nitrogens with zero attached hydrogens (tertiary/aromatic N) is 2. The molecule has 0 fully saturated rings. The highest BCUT2D eigenvalue weighted by Gasteiger charge is 2.32. The van der Waals surface area contributed by atoms with Gasteiger partial charge in [-0.1, -0.05) is 12.8 Å². The number of azo groups is 1. The van der Waals surface area contributed by atoms with E-state index in [4.69, 9.17) is 29.0 Å². The number of rotatable bonds is 22. The third-order valence-electron chi connectivity index (χ3n) is 5.62. The highest BCUT2D eigenvalue weighted by molar-refractivity contribution is 7.52. The highest BCUT2D eigenvalue weighted by atomic mass is 31.2. The monoisotopic (exact) mass is 644 g/mol. The van der Waals surface area contributed by atoms with Gasteiger partial charge in [0.25, 0.3) is 0 Å². The maximum atomic E-state index is 12.5. The molecule has 0 spiro atoms. The summed E-state index contributed by atoms with van der Waals surface area (Å²) < 4.78 is 31.6. The Kier molecular flexibility index (Phi) is 18.1. The zero-order valence-corrected chi connectivity index (χ0v) is 26.5. The molecule has 42 heavy (non-hydrogen) atoms. The van der Waals surface area contributed by atoms with Crippen LogP contribution in [0.5, 0.6) is 0 Å². The van der Waals surface area contributed by atoms with E-state index in [2.05, 4.69) is 20.9 Å². The average molecular weight is 645 g/mol. The standard InChI is InChI=1S/C24H46N4O12P2/c1-23(2,21(31)25-13-15-39-19(29)11-7-5-9-17-41(33,34)35)27-28-24(3,4)22(32)26-14-16-40-20(30)12-8-6-10-18-42(36,37)38/h5-18H2,1-4H3,(H,25,31)(H,26,32)(H2,33,34,35)(H2,36,37,38)/b28-27+. The van der Waals surface area contributed by atoms with Gasteiger partial charge in [0.2, 0.25) is 11.8 Å². The molecule has 244 valence electrons. The van der Waals surface area contributed by atoms with Crippen molar-refractivity contribution in [1.29, 1.82) is 0 Å². The summed E-state index contributed by atoms with van der Waals surface area (Å²) in [4.78, 5) is 83.7. The fourth-order valence-corrected chi connectivity index (χ4v) is 4.38. The van der Waals surface area contributed by atoms with E-state index in [-0.39, 0.29) is 51.5 Å². The second-order valence-corrected chi connectivity index (χ2v) is 14.2. The van der Waals surface area contributed by atoms with Gasteiger partial charge in [-0.05, 0) is 53.4 Å². The number of esters is 2. The third kappa shape index (κ3) is 21.5. The Morgan fingerprint density at radius 1 is 0.619 bits per heavy atom. The van der Waals surface area contributed by atoms with Gasteiger partial charge in [-0.3, -0.25) is 28.3 Å². The van der Waals surface area contributed by atoms with Crippen molar-refractivity contribution in [2.75, 3.05) is 38.6 Å². The number of carbonyl (C=O) groups excluding carboxylic acids is 4. The predicted octanol–water partition coefficient (Wildman–Crippen LogP) is 1.79. The Balaban J connectivity index is 4.28. The molecule has 0 radical (unpaired) electrons. The second kappa shape index (κ2) is 19.1. The number of carbonyl (C=O) groups is 4. The number of ether oxygens (including phenoxy) is 2. The second-order valence-electron chi connectivity index (χ2n) is 10.7. The van der Waals surface area contributed by atoms with Crippen molar-refractivity contribution in [2.24, 2.45) is 10.2 Å². The molecule has 0 atom stereocenters. The summed E-state index contributed by atoms with van der Waals surface area (Å²) in [6, 6.07) is 0. The molecule has 6 N–H and O–H groups in total. The summed E-state index contributed by atoms with van der Waals surface area (Å²) in [5.41, 5.74) is -2.66. The lowest BCUT2D eigenvalue weighted by molar-refractivity contribution is -0.144. The van der Waals surface area contributed by atoms with Crippen molar-refractivity contribution >= 4 is 38.9 Å². The molecule has 0 aromatic heterocycles. The fraction of sp³-hybridized carbons (Fsp3) is 0.833. The van der Waals surface area contributed by atoms with E-state index >= 15 is 0 Å². The van der Waals surface area contributed by atoms with Gasteiger partial charge in [0.1, 0.15) is 13.2 Å². The minimum Gasteiger partial charge on any atom is -0.464 e. The fourth-order valence-electron chi connectivity index (χ4n) is 3.10. The van der Waals surface area contributed by atoms with E-state index in [1.165, 1.54) is 27.7 Å². The maximum Gasteiger partial charge on any atom is 0.325 e. The molecule has 0 unspecified atom stereocenters. The topological polar surface area (TPSA) is 251 Å². The lowest BCUT2D eigenvalue weighted by Crippen LogP contribution is -2.44. The molecule has 0 aliphatic heterocycles. The zero-order valence-electron chi connectivity index (χ0n) is 24.7. The van der Waals surface area contributed by atoms with E-state index in [0.29, 0.717) is 38.5 Å². The van der Waals surface area contributed by atoms with Crippen molar-refractivity contribution in [1.82, 2.24) is 10.6 Å². The lowest BCUT2D eigenvalue weighted by Gasteiger charge is -2.22. The van der Waals surface area contributed by atoms with Crippen molar-refractivity contribution < 1.29 is 57.4 Å². The molecule has 0 saturated heterocycles. The van der Waals surface area contributed by atoms with Gasteiger partial charge < -0.3 is 39.7 Å². The molecular weight excluding hydrogens is 598 g/mol. The van der Waals surface area contributed by atoms with Gasteiger partial charge in [-0.25, -0.2) is 0 Å². The smallest absolute Gasteiger partial charge is 0.325 e. The molecule has 2 amide bonds. The van der Waals surface area contributed by atoms with Crippen LogP contribution in [0, 0.1) is 0 Å². The zero-order chi connectivity index (χ0) is 32.5. The number of hydrogen-bond acceptors (Lipinski definition) is 10. The minimum absolute atomic E-state index is 0.0255. The van der Waals surface area contributed by atoms with Crippen LogP contribution in [0.2, 0.25) is 0 Å². The van der Waals surface area contributed by atoms with Gasteiger partial charge in [0.05, 0.1) is 13.1 Å². The summed E-state index contributed by atoms with van der Waals surface area (Å²) in [7, 11) is -8.06. The van der Waals surface area contributed by atoms with Crippen LogP contribution in [0.25, 0.3) is 0 Å². The van der Waals surface area contributed by atoms with Gasteiger partial charge >= 0.3 is 27.1 Å². The van der Waals surface area contributed by atoms with E-state index in [9.17, 15) is 28.3 Å². The van der Waals surface area contributed by atoms with Gasteiger partial charge in [0.15, 0.2) is 11.1 Å². The molecular formula is C24H46N4O12P2. The first-order valence-electron chi connectivity index (χ1n) is 13.7. The van der Waals surface area contributed by atoms with Crippen molar-refractivity contribution in [3.05, 3.63) is 0 Å². The molecule has 16 nitrogen and oxygen atoms in total. The van der Waals surface area contributed by atoms with Crippen LogP contribution in [-0.4, -0.2) is 93.0 Å². The van der Waals surface area contributed by atoms with Crippen molar-refractivity contribution in [2.45, 2.75) is 90.1 Å². The Morgan fingerprint density at radius 3 is 1.26 bits per heavy atom. The van der Waals surface area contributed by atoms with Crippen LogP contribution in [0.4, 0.5) is 0 Å². The summed E-state index contributed by atoms with van der Waals surface area (Å²) in [5, 5.41) is 13.2. The van der Waals surface area contributed by atoms with Crippen LogP contribution in [0.1, 0.15) is 79.1 Å². The Bertz CT molecular complexity index is 929. The largest absolute Gasteiger partial charge is 0.464 e. The third-order valence-corrected chi connectivity index (χ3v) is 7.42. The average Bonchev–Trinajstić information content (AvgIpc) is 2.86. The van der Waals surface area contributed by atoms with Crippen molar-refractivity contribution in [3.63, 3.8) is 0 Å². The minimum atomic E-state index is -4.03. The summed E-state index contributed by atoms with van der Waals surface area (Å²) in [6.45, 7) is 5.88. The van der Waals surface area contributed by atoms with Gasteiger partial charge in [-0.15, -0.1) is 0 Å². The van der Waals surface area contributed by atoms with Crippen LogP contribution in [0.3, 0.4) is 0 Å². The Hall–Kier alpha value is -2.22. The van der Waals surface area contributed by atoms with Gasteiger partial charge in [-0.2, -0.15) is 10.2 Å². The first kappa shape index (κ1) is 39.8. The van der Waals surface area contributed by atoms with E-state index in [0.717, 1.165) is 0 Å². The van der Waals surface area contributed by atoms with E-state index < -0.39 is 50.0 Å². The number of amides is 2. The van der Waals surface area contributed by atoms with Crippen LogP contribution < -0.4 is 10.6 Å². The molecule has 0 saturated carbocycles. The van der Waals surface area contributed by atoms with E-state index in [1.54, 1.807) is 0 Å². The van der Waals surface area contributed by atoms with Crippen molar-refractivity contribution in [3.8, 4) is 0 Å². The summed E-state index contributed by atoms with van der Waals surface area (Å²) >= 11 is 0. The lowest BCUT2D eigenvalue weighted by atomic mass is 10.0. The maximum absolute atomic E-state index is 12.5. The number of nitrogens with one attached hydrogen (secondary N) is 2. The molecule has 0 bridgehead atoms. The molecule has 0 aromatic carbocycles. The van der Waals surface area contributed by atoms with E-state index in [1.807, 2.05) is 0 Å². The van der Waals surface area contributed by atoms with Gasteiger partial charge in [0, 0.05) is 25.2 Å². The quantitative estimate of drug-likeness (QED) is 0.0427. The molecule has 18 heteroatoms. The Morgan fingerprint density at radius 2 is 0.952 bits per heavy atom. The first-order valence-corrected chi connectivity index (χ1v) is 17.3. The van der Waals surface area contributed by atoms with Crippen LogP contribution in [0.15, 0.2) is 10.2 Å².